The van der Waals surface area contributed by atoms with Crippen LogP contribution in [0.25, 0.3) is 0 Å². The van der Waals surface area contributed by atoms with E-state index < -0.39 is 268 Å². The van der Waals surface area contributed by atoms with Crippen LogP contribution in [-0.4, -0.2) is 300 Å². The van der Waals surface area contributed by atoms with Crippen LogP contribution in [0.3, 0.4) is 0 Å². The molecule has 4 saturated heterocycles. The Morgan fingerprint density at radius 2 is 0.754 bits per heavy atom. The van der Waals surface area contributed by atoms with Crippen molar-refractivity contribution in [3.05, 3.63) is 0 Å². The van der Waals surface area contributed by atoms with Gasteiger partial charge in [0.2, 0.25) is 11.8 Å². The Hall–Kier alpha value is -4.21. The van der Waals surface area contributed by atoms with Crippen molar-refractivity contribution >= 4 is 57.3 Å². The lowest BCUT2D eigenvalue weighted by molar-refractivity contribution is -0.378. The number of carbonyl (C=O) groups excluding carboxylic acids is 5. The van der Waals surface area contributed by atoms with Crippen LogP contribution in [0.15, 0.2) is 0 Å². The summed E-state index contributed by atoms with van der Waals surface area (Å²) in [5, 5.41) is 151. The molecule has 4 aliphatic rings. The van der Waals surface area contributed by atoms with E-state index in [0.717, 1.165) is 225 Å². The summed E-state index contributed by atoms with van der Waals surface area (Å²) >= 11 is 0. The molecule has 0 radical (unpaired) electrons. The number of rotatable bonds is 81. The maximum atomic E-state index is 15.5. The normalized spacial score (nSPS) is 26.7. The van der Waals surface area contributed by atoms with E-state index in [1.54, 1.807) is 0 Å². The minimum atomic E-state index is -6.15. The van der Waals surface area contributed by atoms with Crippen LogP contribution in [-0.2, 0) is 99.1 Å². The Labute approximate surface area is 816 Å². The molecule has 0 aromatic rings. The van der Waals surface area contributed by atoms with E-state index in [4.69, 9.17) is 56.4 Å². The van der Waals surface area contributed by atoms with Crippen molar-refractivity contribution in [3.63, 3.8) is 0 Å². The SMILES string of the molecule is CCCCCCCCCCCC(=O)O[C@H](CCCCCCCCCCC)CC(=O)N[C@H]1[C@H](OC[C@H]2O[C@H](OP(=O)(O)O)[C@H](NC(=O)C[C@H](O)CCCCCCCCCCC)[C@@H](OC(=O)C[C@H](O)CCCCCCCCCCC)[C@@H]2O)O[C@H](CO[C@]2(C(=O)O)C[C@@H](O[C@]3(C(=O)O)C[C@@H](O)[C@@H](O)[C@@H]([C@H](O)CO)O3)[C@@H](O)[C@@H]([C@H](O)CO)O2)[C@@H](OP(=O)(O)O)[C@@H]1OC(=O)C[C@H](O)CCCCCCCCCCC. The Balaban J connectivity index is 2.02. The van der Waals surface area contributed by atoms with E-state index in [0.29, 0.717) is 64.2 Å². The minimum absolute atomic E-state index is 0.0175. The van der Waals surface area contributed by atoms with Gasteiger partial charge in [-0.1, -0.05) is 311 Å². The Kier molecular flexibility index (Phi) is 64.5. The average Bonchev–Trinajstić information content (AvgIpc) is 0.751. The van der Waals surface area contributed by atoms with Crippen LogP contribution in [0.5, 0.6) is 0 Å². The number of carboxylic acid groups (broad SMARTS) is 2. The largest absolute Gasteiger partial charge is 0.477 e. The number of nitrogens with one attached hydrogen (secondary N) is 2. The molecule has 0 aromatic heterocycles. The summed E-state index contributed by atoms with van der Waals surface area (Å²) in [4.78, 5) is 144. The number of ether oxygens (including phenoxy) is 10. The number of hydrogen-bond acceptors (Lipinski definition) is 32. The monoisotopic (exact) mass is 2030 g/mol. The minimum Gasteiger partial charge on any atom is -0.477 e. The van der Waals surface area contributed by atoms with Gasteiger partial charge in [0, 0.05) is 19.3 Å². The molecule has 0 saturated carbocycles. The molecule has 4 fully saturated rings. The standard InChI is InChI=1S/C96H176N2O38P2/c1-6-11-16-21-26-31-36-41-46-51-66(101)56-76(107)97-81-89(130-79(110)57-67(102)52-47-42-37-32-27-22-17-12-7-2)85(114)74(128-92(81)136-138(122,123)124)64-125-91-82(98-77(108)59-69(54-49-44-39-34-29-24-19-14-9-4)127-78(109)55-50-45-40-35-30-25-20-15-10-5)90(131-80(111)58-68(103)53-48-43-38-33-28-23-18-13-8-3)88(135-137(119,120)121)75(129-91)65-126-95(93(115)116)61-73(84(113)87(133-95)72(106)63-100)132-96(94(117)118)60-70(104)83(112)86(134-96)71(105)62-99/h66-75,81-92,99-106,112-114H,6-65H2,1-5H3,(H,97,107)(H,98,108)(H,115,116)(H,117,118)(H2,119,120,121)(H2,122,123,124)/t66-,67-,68-,69-,70-,71-,72-,73-,74-,75-,81-,82-,83-,84-,85-,86-,87-,88-,89-,90-,91-,92-,95-,96-/m1/s1. The summed E-state index contributed by atoms with van der Waals surface area (Å²) in [6, 6.07) is -4.40. The highest BCUT2D eigenvalue weighted by molar-refractivity contribution is 7.46. The number of hydrogen-bond donors (Lipinski definition) is 19. The van der Waals surface area contributed by atoms with Gasteiger partial charge in [-0.25, -0.2) is 18.7 Å². The smallest absolute Gasteiger partial charge is 0.472 e. The van der Waals surface area contributed by atoms with E-state index in [1.165, 1.54) is 0 Å². The van der Waals surface area contributed by atoms with Gasteiger partial charge in [0.05, 0.1) is 82.6 Å². The number of esters is 3. The number of carbonyl (C=O) groups is 7. The van der Waals surface area contributed by atoms with Crippen LogP contribution in [0.1, 0.15) is 394 Å². The van der Waals surface area contributed by atoms with Crippen LogP contribution in [0, 0.1) is 0 Å². The topological polar surface area (TPSA) is 632 Å². The highest BCUT2D eigenvalue weighted by Crippen LogP contribution is 2.47. The second-order valence-electron chi connectivity index (χ2n) is 38.3. The number of amides is 2. The van der Waals surface area contributed by atoms with Crippen molar-refractivity contribution in [3.8, 4) is 0 Å². The molecule has 4 heterocycles. The first kappa shape index (κ1) is 126. The first-order valence-electron chi connectivity index (χ1n) is 51.9. The summed E-state index contributed by atoms with van der Waals surface area (Å²) in [6.45, 7) is 5.12. The zero-order chi connectivity index (χ0) is 102. The Morgan fingerprint density at radius 1 is 0.391 bits per heavy atom. The van der Waals surface area contributed by atoms with E-state index in [2.05, 4.69) is 45.3 Å². The highest BCUT2D eigenvalue weighted by Gasteiger charge is 2.63. The van der Waals surface area contributed by atoms with Crippen molar-refractivity contribution in [1.29, 1.82) is 0 Å². The molecular formula is C96H176N2O38P2. The third-order valence-corrected chi connectivity index (χ3v) is 27.1. The second kappa shape index (κ2) is 70.6. The molecule has 0 unspecified atom stereocenters. The van der Waals surface area contributed by atoms with Crippen molar-refractivity contribution in [1.82, 2.24) is 10.6 Å². The second-order valence-corrected chi connectivity index (χ2v) is 40.7. The van der Waals surface area contributed by atoms with E-state index >= 15 is 4.79 Å². The average molecular weight is 2030 g/mol. The van der Waals surface area contributed by atoms with Crippen LogP contribution in [0.2, 0.25) is 0 Å². The van der Waals surface area contributed by atoms with Crippen molar-refractivity contribution < 1.29 is 185 Å². The fourth-order valence-corrected chi connectivity index (χ4v) is 19.2. The number of carboxylic acids is 2. The molecule has 0 aromatic carbocycles. The molecule has 138 heavy (non-hydrogen) atoms. The summed E-state index contributed by atoms with van der Waals surface area (Å²) in [5.74, 6) is -16.7. The molecule has 0 aliphatic carbocycles. The maximum absolute atomic E-state index is 15.5. The van der Waals surface area contributed by atoms with Crippen LogP contribution in [0.4, 0.5) is 0 Å². The van der Waals surface area contributed by atoms with Gasteiger partial charge in [-0.2, -0.15) is 0 Å². The zero-order valence-corrected chi connectivity index (χ0v) is 84.5. The fraction of sp³-hybridized carbons (Fsp3) is 0.927. The molecule has 808 valence electrons. The predicted molar refractivity (Wildman–Crippen MR) is 503 cm³/mol. The van der Waals surface area contributed by atoms with Gasteiger partial charge in [0.25, 0.3) is 11.6 Å². The number of unbranched alkanes of at least 4 members (excludes halogenated alkanes) is 40. The van der Waals surface area contributed by atoms with Gasteiger partial charge in [0.1, 0.15) is 79.2 Å². The first-order chi connectivity index (χ1) is 65.8. The molecule has 0 spiro atoms. The maximum Gasteiger partial charge on any atom is 0.472 e. The quantitative estimate of drug-likeness (QED) is 0.0116. The fourth-order valence-electron chi connectivity index (χ4n) is 18.1. The van der Waals surface area contributed by atoms with E-state index in [1.807, 2.05) is 0 Å². The van der Waals surface area contributed by atoms with Crippen molar-refractivity contribution in [2.45, 2.75) is 540 Å². The summed E-state index contributed by atoms with van der Waals surface area (Å²) < 4.78 is 98.4. The van der Waals surface area contributed by atoms with Crippen LogP contribution < -0.4 is 10.6 Å². The predicted octanol–water partition coefficient (Wildman–Crippen LogP) is 10.7. The number of phosphoric acid groups is 2. The van der Waals surface area contributed by atoms with E-state index in [9.17, 15) is 124 Å². The summed E-state index contributed by atoms with van der Waals surface area (Å²) in [5.41, 5.74) is 0. The van der Waals surface area contributed by atoms with Gasteiger partial charge < -0.3 is 144 Å². The Bertz CT molecular complexity index is 3410. The summed E-state index contributed by atoms with van der Waals surface area (Å²) in [7, 11) is -12.0. The van der Waals surface area contributed by atoms with E-state index in [-0.39, 0.29) is 32.1 Å². The molecule has 2 amide bonds. The lowest BCUT2D eigenvalue weighted by atomic mass is 9.90. The molecule has 42 heteroatoms. The third-order valence-electron chi connectivity index (χ3n) is 26.1. The third kappa shape index (κ3) is 49.8. The van der Waals surface area contributed by atoms with Crippen molar-refractivity contribution in [2.24, 2.45) is 0 Å². The van der Waals surface area contributed by atoms with Crippen molar-refractivity contribution in [2.75, 3.05) is 26.4 Å². The van der Waals surface area contributed by atoms with Gasteiger partial charge >= 0.3 is 45.5 Å². The van der Waals surface area contributed by atoms with Crippen LogP contribution >= 0.6 is 15.6 Å². The lowest BCUT2D eigenvalue weighted by Gasteiger charge is -2.50. The number of aliphatic hydroxyl groups excluding tert-OH is 11. The number of aliphatic hydroxyl groups is 11. The molecular weight excluding hydrogens is 1850 g/mol. The van der Waals surface area contributed by atoms with Gasteiger partial charge in [-0.3, -0.25) is 33.0 Å². The number of aliphatic carboxylic acids is 2. The first-order valence-corrected chi connectivity index (χ1v) is 55.0. The summed E-state index contributed by atoms with van der Waals surface area (Å²) in [6.07, 6.45) is -8.18. The Morgan fingerprint density at radius 3 is 1.17 bits per heavy atom. The number of phosphoric ester groups is 2. The van der Waals surface area contributed by atoms with Gasteiger partial charge in [-0.05, 0) is 38.5 Å². The van der Waals surface area contributed by atoms with Gasteiger partial charge in [0.15, 0.2) is 24.8 Å². The molecule has 40 nitrogen and oxygen atoms in total. The molecule has 4 rings (SSSR count). The zero-order valence-electron chi connectivity index (χ0n) is 82.7. The highest BCUT2D eigenvalue weighted by atomic mass is 31.2. The lowest BCUT2D eigenvalue weighted by Crippen LogP contribution is -2.69. The molecule has 19 N–H and O–H groups in total. The molecule has 24 atom stereocenters. The van der Waals surface area contributed by atoms with Gasteiger partial charge in [-0.15, -0.1) is 0 Å². The molecule has 4 aliphatic heterocycles. The molecule has 0 bridgehead atoms.